The summed E-state index contributed by atoms with van der Waals surface area (Å²) in [5.41, 5.74) is 0. The number of rotatable bonds is 12. The van der Waals surface area contributed by atoms with Crippen LogP contribution in [0.1, 0.15) is 53.4 Å². The minimum Gasteiger partial charge on any atom is -0.404 e. The van der Waals surface area contributed by atoms with E-state index in [9.17, 15) is 4.57 Å². The first-order chi connectivity index (χ1) is 11.0. The fraction of sp³-hybridized carbons (Fsp3) is 0.667. The predicted octanol–water partition coefficient (Wildman–Crippen LogP) is 6.08. The molecule has 0 aliphatic rings. The van der Waals surface area contributed by atoms with E-state index in [0.29, 0.717) is 24.9 Å². The van der Waals surface area contributed by atoms with Crippen LogP contribution in [0.15, 0.2) is 30.3 Å². The highest BCUT2D eigenvalue weighted by Crippen LogP contribution is 2.50. The highest BCUT2D eigenvalue weighted by atomic mass is 31.2. The molecule has 0 bridgehead atoms. The molecule has 0 spiro atoms. The summed E-state index contributed by atoms with van der Waals surface area (Å²) in [6.07, 6.45) is 4.37. The Hall–Kier alpha value is -0.830. The molecule has 1 aromatic carbocycles. The molecule has 0 saturated carbocycles. The molecule has 0 aromatic heterocycles. The van der Waals surface area contributed by atoms with Crippen molar-refractivity contribution in [3.8, 4) is 5.75 Å². The molecule has 4 nitrogen and oxygen atoms in total. The van der Waals surface area contributed by atoms with Gasteiger partial charge in [0, 0.05) is 0 Å². The predicted molar refractivity (Wildman–Crippen MR) is 94.7 cm³/mol. The molecule has 0 amide bonds. The van der Waals surface area contributed by atoms with Crippen LogP contribution >= 0.6 is 7.82 Å². The van der Waals surface area contributed by atoms with E-state index in [1.807, 2.05) is 32.0 Å². The second-order valence-corrected chi connectivity index (χ2v) is 7.85. The Morgan fingerprint density at radius 1 is 1.04 bits per heavy atom. The Morgan fingerprint density at radius 3 is 2.26 bits per heavy atom. The summed E-state index contributed by atoms with van der Waals surface area (Å²) < 4.78 is 29.6. The van der Waals surface area contributed by atoms with Gasteiger partial charge in [0.1, 0.15) is 5.75 Å². The van der Waals surface area contributed by atoms with E-state index in [4.69, 9.17) is 13.6 Å². The van der Waals surface area contributed by atoms with Crippen molar-refractivity contribution in [2.24, 2.45) is 11.8 Å². The van der Waals surface area contributed by atoms with Crippen molar-refractivity contribution in [2.45, 2.75) is 53.4 Å². The maximum Gasteiger partial charge on any atom is 0.530 e. The molecule has 1 aromatic rings. The van der Waals surface area contributed by atoms with Crippen LogP contribution in [0.25, 0.3) is 0 Å². The van der Waals surface area contributed by atoms with Crippen LogP contribution in [0.3, 0.4) is 0 Å². The monoisotopic (exact) mass is 342 g/mol. The lowest BCUT2D eigenvalue weighted by Crippen LogP contribution is -2.12. The van der Waals surface area contributed by atoms with Crippen molar-refractivity contribution in [1.82, 2.24) is 0 Å². The molecule has 0 radical (unpaired) electrons. The van der Waals surface area contributed by atoms with Gasteiger partial charge in [-0.25, -0.2) is 4.57 Å². The molecule has 5 heteroatoms. The van der Waals surface area contributed by atoms with Gasteiger partial charge in [-0.1, -0.05) is 65.2 Å². The first kappa shape index (κ1) is 20.2. The zero-order valence-electron chi connectivity index (χ0n) is 14.9. The summed E-state index contributed by atoms with van der Waals surface area (Å²) in [4.78, 5) is 0. The summed E-state index contributed by atoms with van der Waals surface area (Å²) in [7, 11) is -3.59. The lowest BCUT2D eigenvalue weighted by atomic mass is 10.0. The fourth-order valence-corrected chi connectivity index (χ4v) is 3.47. The van der Waals surface area contributed by atoms with Gasteiger partial charge in [-0.3, -0.25) is 9.05 Å². The fourth-order valence-electron chi connectivity index (χ4n) is 2.04. The number of hydrogen-bond acceptors (Lipinski definition) is 4. The topological polar surface area (TPSA) is 44.8 Å². The van der Waals surface area contributed by atoms with Crippen molar-refractivity contribution in [1.29, 1.82) is 0 Å². The number of hydrogen-bond donors (Lipinski definition) is 0. The van der Waals surface area contributed by atoms with Gasteiger partial charge >= 0.3 is 7.82 Å². The second kappa shape index (κ2) is 10.9. The smallest absolute Gasteiger partial charge is 0.404 e. The molecule has 2 unspecified atom stereocenters. The Balaban J connectivity index is 2.68. The normalized spacial score (nSPS) is 15.3. The van der Waals surface area contributed by atoms with E-state index in [-0.39, 0.29) is 5.92 Å². The van der Waals surface area contributed by atoms with Crippen molar-refractivity contribution >= 4 is 7.82 Å². The maximum absolute atomic E-state index is 12.9. The maximum atomic E-state index is 12.9. The minimum atomic E-state index is -3.59. The van der Waals surface area contributed by atoms with Gasteiger partial charge in [0.15, 0.2) is 0 Å². The molecule has 0 fully saturated rings. The number of unbranched alkanes of at least 4 members (excludes halogenated alkanes) is 1. The van der Waals surface area contributed by atoms with Crippen LogP contribution in [-0.4, -0.2) is 13.2 Å². The summed E-state index contributed by atoms with van der Waals surface area (Å²) in [6.45, 7) is 9.05. The molecule has 132 valence electrons. The van der Waals surface area contributed by atoms with E-state index in [1.54, 1.807) is 12.1 Å². The minimum absolute atomic E-state index is 0.258. The van der Waals surface area contributed by atoms with Gasteiger partial charge in [0.05, 0.1) is 13.2 Å². The van der Waals surface area contributed by atoms with E-state index in [2.05, 4.69) is 13.8 Å². The van der Waals surface area contributed by atoms with Crippen LogP contribution in [0.4, 0.5) is 0 Å². The van der Waals surface area contributed by atoms with Crippen molar-refractivity contribution in [3.63, 3.8) is 0 Å². The third-order valence-electron chi connectivity index (χ3n) is 3.54. The number of phosphoric ester groups is 1. The van der Waals surface area contributed by atoms with Crippen LogP contribution in [0.2, 0.25) is 0 Å². The quantitative estimate of drug-likeness (QED) is 0.432. The van der Waals surface area contributed by atoms with Crippen LogP contribution in [0, 0.1) is 11.8 Å². The second-order valence-electron chi connectivity index (χ2n) is 6.25. The molecular weight excluding hydrogens is 311 g/mol. The molecule has 0 aliphatic carbocycles. The van der Waals surface area contributed by atoms with Gasteiger partial charge in [-0.15, -0.1) is 0 Å². The third kappa shape index (κ3) is 8.55. The van der Waals surface area contributed by atoms with Crippen molar-refractivity contribution < 1.29 is 18.1 Å². The zero-order chi connectivity index (χ0) is 17.1. The van der Waals surface area contributed by atoms with Crippen LogP contribution in [0.5, 0.6) is 5.75 Å². The molecule has 0 N–H and O–H groups in total. The zero-order valence-corrected chi connectivity index (χ0v) is 15.8. The number of phosphoric acid groups is 1. The number of para-hydroxylation sites is 1. The molecule has 23 heavy (non-hydrogen) atoms. The van der Waals surface area contributed by atoms with Crippen LogP contribution in [-0.2, 0) is 13.6 Å². The van der Waals surface area contributed by atoms with Gasteiger partial charge in [0.2, 0.25) is 0 Å². The summed E-state index contributed by atoms with van der Waals surface area (Å²) in [5, 5.41) is 0. The SMILES string of the molecule is CCCCC(CC)COP(=O)(OCC(C)C)Oc1ccccc1. The summed E-state index contributed by atoms with van der Waals surface area (Å²) in [6, 6.07) is 9.05. The van der Waals surface area contributed by atoms with E-state index >= 15 is 0 Å². The average molecular weight is 342 g/mol. The van der Waals surface area contributed by atoms with Crippen molar-refractivity contribution in [2.75, 3.05) is 13.2 Å². The largest absolute Gasteiger partial charge is 0.530 e. The Kier molecular flexibility index (Phi) is 9.54. The lowest BCUT2D eigenvalue weighted by molar-refractivity contribution is 0.123. The van der Waals surface area contributed by atoms with E-state index in [1.165, 1.54) is 0 Å². The van der Waals surface area contributed by atoms with Crippen molar-refractivity contribution in [3.05, 3.63) is 30.3 Å². The third-order valence-corrected chi connectivity index (χ3v) is 4.90. The molecule has 0 aliphatic heterocycles. The molecular formula is C18H31O4P. The molecule has 2 atom stereocenters. The Morgan fingerprint density at radius 2 is 1.70 bits per heavy atom. The number of benzene rings is 1. The Labute approximate surface area is 141 Å². The summed E-state index contributed by atoms with van der Waals surface area (Å²) >= 11 is 0. The molecule has 0 heterocycles. The highest BCUT2D eigenvalue weighted by Gasteiger charge is 2.30. The van der Waals surface area contributed by atoms with Crippen LogP contribution < -0.4 is 4.52 Å². The molecule has 0 saturated heterocycles. The Bertz CT molecular complexity index is 461. The highest BCUT2D eigenvalue weighted by molar-refractivity contribution is 7.48. The van der Waals surface area contributed by atoms with E-state index in [0.717, 1.165) is 25.7 Å². The van der Waals surface area contributed by atoms with E-state index < -0.39 is 7.82 Å². The van der Waals surface area contributed by atoms with Gasteiger partial charge in [-0.2, -0.15) is 0 Å². The standard InChI is InChI=1S/C18H31O4P/c1-5-7-11-17(6-2)15-21-23(19,20-14-16(3)4)22-18-12-9-8-10-13-18/h8-10,12-13,16-17H,5-7,11,14-15H2,1-4H3. The van der Waals surface area contributed by atoms with Gasteiger partial charge in [-0.05, 0) is 30.4 Å². The van der Waals surface area contributed by atoms with Gasteiger partial charge in [0.25, 0.3) is 0 Å². The lowest BCUT2D eigenvalue weighted by Gasteiger charge is -2.22. The first-order valence-corrected chi connectivity index (χ1v) is 10.1. The first-order valence-electron chi connectivity index (χ1n) is 8.62. The molecule has 1 rings (SSSR count). The summed E-state index contributed by atoms with van der Waals surface area (Å²) in [5.74, 6) is 1.14. The van der Waals surface area contributed by atoms with Gasteiger partial charge < -0.3 is 4.52 Å². The average Bonchev–Trinajstić information content (AvgIpc) is 2.54.